The summed E-state index contributed by atoms with van der Waals surface area (Å²) in [6.07, 6.45) is 1.94. The summed E-state index contributed by atoms with van der Waals surface area (Å²) in [6.45, 7) is 15.9. The summed E-state index contributed by atoms with van der Waals surface area (Å²) in [7, 11) is 0. The number of rotatable bonds is 5. The van der Waals surface area contributed by atoms with Crippen LogP contribution in [0.15, 0.2) is 164 Å². The van der Waals surface area contributed by atoms with Gasteiger partial charge in [0.1, 0.15) is 11.6 Å². The number of aromatic amines is 1. The minimum absolute atomic E-state index is 0.0189. The highest BCUT2D eigenvalue weighted by molar-refractivity contribution is 6.14. The van der Waals surface area contributed by atoms with Crippen LogP contribution in [0.25, 0.3) is 99.8 Å². The van der Waals surface area contributed by atoms with Crippen LogP contribution in [0.5, 0.6) is 0 Å². The molecule has 0 aliphatic heterocycles. The van der Waals surface area contributed by atoms with Crippen LogP contribution < -0.4 is 0 Å². The fourth-order valence-corrected chi connectivity index (χ4v) is 9.56. The van der Waals surface area contributed by atoms with E-state index in [1.807, 2.05) is 6.20 Å². The van der Waals surface area contributed by atoms with Crippen LogP contribution in [0, 0.1) is 6.92 Å². The smallest absolute Gasteiger partial charge is 0.147 e. The van der Waals surface area contributed by atoms with Crippen LogP contribution >= 0.6 is 0 Å². The Bertz CT molecular complexity index is 3550. The van der Waals surface area contributed by atoms with E-state index in [9.17, 15) is 0 Å². The van der Waals surface area contributed by atoms with Gasteiger partial charge in [0.15, 0.2) is 0 Å². The molecule has 62 heavy (non-hydrogen) atoms. The van der Waals surface area contributed by atoms with Crippen LogP contribution in [0.4, 0.5) is 0 Å². The van der Waals surface area contributed by atoms with E-state index >= 15 is 0 Å². The number of hydrogen-bond acceptors (Lipinski definition) is 2. The second-order valence-corrected chi connectivity index (χ2v) is 18.9. The molecular formula is C57H49N5. The number of aromatic nitrogens is 5. The van der Waals surface area contributed by atoms with Gasteiger partial charge in [0.25, 0.3) is 0 Å². The lowest BCUT2D eigenvalue weighted by Crippen LogP contribution is -2.11. The van der Waals surface area contributed by atoms with Gasteiger partial charge in [-0.05, 0) is 106 Å². The van der Waals surface area contributed by atoms with E-state index in [-0.39, 0.29) is 10.8 Å². The minimum atomic E-state index is -0.0562. The first-order valence-electron chi connectivity index (χ1n) is 21.7. The van der Waals surface area contributed by atoms with Gasteiger partial charge in [-0.2, -0.15) is 0 Å². The molecule has 0 spiro atoms. The molecule has 0 fully saturated rings. The molecule has 0 aliphatic carbocycles. The molecule has 4 heterocycles. The Morgan fingerprint density at radius 3 is 2.06 bits per heavy atom. The average molecular weight is 804 g/mol. The molecule has 302 valence electrons. The number of H-pyrrole nitrogens is 1. The summed E-state index contributed by atoms with van der Waals surface area (Å²) in [5, 5.41) is 4.88. The van der Waals surface area contributed by atoms with E-state index in [1.165, 1.54) is 38.2 Å². The summed E-state index contributed by atoms with van der Waals surface area (Å²) in [6, 6.07) is 57.4. The van der Waals surface area contributed by atoms with E-state index in [0.717, 1.165) is 78.2 Å². The summed E-state index contributed by atoms with van der Waals surface area (Å²) >= 11 is 0. The lowest BCUT2D eigenvalue weighted by molar-refractivity contribution is 0.591. The Balaban J connectivity index is 1.18. The quantitative estimate of drug-likeness (QED) is 0.188. The van der Waals surface area contributed by atoms with Crippen LogP contribution in [0.3, 0.4) is 0 Å². The first-order valence-corrected chi connectivity index (χ1v) is 21.7. The van der Waals surface area contributed by atoms with Crippen molar-refractivity contribution in [1.29, 1.82) is 0 Å². The summed E-state index contributed by atoms with van der Waals surface area (Å²) in [5.41, 5.74) is 16.8. The molecule has 0 unspecified atom stereocenters. The number of nitrogens with zero attached hydrogens (tertiary/aromatic N) is 4. The van der Waals surface area contributed by atoms with Crippen LogP contribution in [-0.2, 0) is 10.8 Å². The summed E-state index contributed by atoms with van der Waals surface area (Å²) in [4.78, 5) is 14.6. The van der Waals surface area contributed by atoms with E-state index in [2.05, 4.69) is 220 Å². The number of nitrogens with one attached hydrogen (secondary N) is 1. The van der Waals surface area contributed by atoms with Gasteiger partial charge >= 0.3 is 0 Å². The van der Waals surface area contributed by atoms with E-state index in [0.29, 0.717) is 0 Å². The molecular weight excluding hydrogens is 755 g/mol. The van der Waals surface area contributed by atoms with E-state index < -0.39 is 0 Å². The first kappa shape index (κ1) is 37.7. The molecule has 0 aliphatic rings. The van der Waals surface area contributed by atoms with Crippen molar-refractivity contribution in [3.63, 3.8) is 0 Å². The molecule has 7 aromatic carbocycles. The lowest BCUT2D eigenvalue weighted by Gasteiger charge is -2.21. The topological polar surface area (TPSA) is 51.4 Å². The zero-order chi connectivity index (χ0) is 42.5. The highest BCUT2D eigenvalue weighted by atomic mass is 15.1. The SMILES string of the molecule is Cc1cccc(-n2c(-c3ccc(C(C)(C)C)c4c3[nH]c3ccccc34)nc3c(-c4ccc5c6ccc(C(C)(C)C)cc6n(-c6cc(-c7ccccc7)ccn6)c5c4)cccc32)c1. The Labute approximate surface area is 362 Å². The molecule has 0 bridgehead atoms. The molecule has 11 aromatic rings. The molecule has 11 rings (SSSR count). The predicted molar refractivity (Wildman–Crippen MR) is 261 cm³/mol. The number of pyridine rings is 1. The van der Waals surface area contributed by atoms with E-state index in [4.69, 9.17) is 9.97 Å². The largest absolute Gasteiger partial charge is 0.354 e. The predicted octanol–water partition coefficient (Wildman–Crippen LogP) is 15.1. The van der Waals surface area contributed by atoms with Gasteiger partial charge in [-0.25, -0.2) is 9.97 Å². The maximum atomic E-state index is 5.69. The minimum Gasteiger partial charge on any atom is -0.354 e. The lowest BCUT2D eigenvalue weighted by atomic mass is 9.83. The number of hydrogen-bond donors (Lipinski definition) is 1. The summed E-state index contributed by atoms with van der Waals surface area (Å²) < 4.78 is 4.71. The van der Waals surface area contributed by atoms with Gasteiger partial charge in [0, 0.05) is 50.1 Å². The zero-order valence-electron chi connectivity index (χ0n) is 36.4. The molecule has 0 amide bonds. The van der Waals surface area contributed by atoms with Crippen LogP contribution in [0.2, 0.25) is 0 Å². The van der Waals surface area contributed by atoms with E-state index in [1.54, 1.807) is 0 Å². The zero-order valence-corrected chi connectivity index (χ0v) is 36.4. The molecule has 0 saturated carbocycles. The Morgan fingerprint density at radius 1 is 0.516 bits per heavy atom. The van der Waals surface area contributed by atoms with Crippen LogP contribution in [-0.4, -0.2) is 24.1 Å². The third-order valence-electron chi connectivity index (χ3n) is 12.7. The second-order valence-electron chi connectivity index (χ2n) is 18.9. The molecule has 5 nitrogen and oxygen atoms in total. The normalized spacial score (nSPS) is 12.4. The number of para-hydroxylation sites is 2. The molecule has 1 N–H and O–H groups in total. The van der Waals surface area contributed by atoms with Crippen molar-refractivity contribution in [2.45, 2.75) is 59.3 Å². The third kappa shape index (κ3) is 6.06. The van der Waals surface area contributed by atoms with Crippen molar-refractivity contribution in [2.75, 3.05) is 0 Å². The number of fused-ring (bicyclic) bond motifs is 7. The van der Waals surface area contributed by atoms with Gasteiger partial charge in [-0.15, -0.1) is 0 Å². The van der Waals surface area contributed by atoms with Crippen molar-refractivity contribution in [2.24, 2.45) is 0 Å². The van der Waals surface area contributed by atoms with Gasteiger partial charge < -0.3 is 4.98 Å². The molecule has 0 saturated heterocycles. The van der Waals surface area contributed by atoms with Crippen molar-refractivity contribution in [1.82, 2.24) is 24.1 Å². The monoisotopic (exact) mass is 803 g/mol. The summed E-state index contributed by atoms with van der Waals surface area (Å²) in [5.74, 6) is 1.79. The number of benzene rings is 7. The molecule has 5 heteroatoms. The Morgan fingerprint density at radius 2 is 1.27 bits per heavy atom. The molecule has 0 atom stereocenters. The molecule has 0 radical (unpaired) electrons. The van der Waals surface area contributed by atoms with Crippen molar-refractivity contribution < 1.29 is 0 Å². The standard InChI is InChI=1S/C57H49N5/c1-35-15-13-18-40(31-35)61-48-22-14-20-41(53(48)60-55(61)45-27-28-46(57(5,6)7)52-44-19-11-12-21-47(44)59-54(45)52)38-23-25-42-43-26-24-39(56(2,3)4)34-50(43)62(49(42)32-38)51-33-37(29-30-58-51)36-16-9-8-10-17-36/h8-34,59H,1-7H3. The third-order valence-corrected chi connectivity index (χ3v) is 12.7. The number of aryl methyl sites for hydroxylation is 1. The Kier molecular flexibility index (Phi) is 8.46. The van der Waals surface area contributed by atoms with Crippen molar-refractivity contribution in [3.8, 4) is 45.1 Å². The van der Waals surface area contributed by atoms with Crippen molar-refractivity contribution >= 4 is 54.6 Å². The van der Waals surface area contributed by atoms with Crippen molar-refractivity contribution in [3.05, 3.63) is 181 Å². The maximum Gasteiger partial charge on any atom is 0.147 e. The Hall–Kier alpha value is -7.24. The van der Waals surface area contributed by atoms with Gasteiger partial charge in [0.05, 0.1) is 27.6 Å². The van der Waals surface area contributed by atoms with Gasteiger partial charge in [0.2, 0.25) is 0 Å². The van der Waals surface area contributed by atoms with Gasteiger partial charge in [-0.1, -0.05) is 145 Å². The van der Waals surface area contributed by atoms with Crippen LogP contribution in [0.1, 0.15) is 58.2 Å². The fourth-order valence-electron chi connectivity index (χ4n) is 9.56. The first-order chi connectivity index (χ1) is 29.9. The second kappa shape index (κ2) is 13.9. The number of imidazole rings is 1. The van der Waals surface area contributed by atoms with Gasteiger partial charge in [-0.3, -0.25) is 9.13 Å². The molecule has 4 aromatic heterocycles. The fraction of sp³-hybridized carbons (Fsp3) is 0.158. The maximum absolute atomic E-state index is 5.69. The average Bonchev–Trinajstić information content (AvgIpc) is 3.95. The highest BCUT2D eigenvalue weighted by Crippen LogP contribution is 2.43. The highest BCUT2D eigenvalue weighted by Gasteiger charge is 2.26.